The average Bonchev–Trinajstić information content (AvgIpc) is 3.63. The number of carbonyl (C=O) groups excluding carboxylic acids is 3. The van der Waals surface area contributed by atoms with Gasteiger partial charge in [0.15, 0.2) is 6.10 Å². The maximum atomic E-state index is 12.8. The van der Waals surface area contributed by atoms with Gasteiger partial charge in [0.1, 0.15) is 34.1 Å². The molecule has 1 amide bonds. The number of nitrogens with one attached hydrogen (secondary N) is 1. The van der Waals surface area contributed by atoms with Gasteiger partial charge in [0.25, 0.3) is 11.6 Å². The topological polar surface area (TPSA) is 179 Å². The van der Waals surface area contributed by atoms with Gasteiger partial charge in [0.05, 0.1) is 42.0 Å². The fourth-order valence-electron chi connectivity index (χ4n) is 4.80. The lowest BCUT2D eigenvalue weighted by Gasteiger charge is -2.22. The predicted molar refractivity (Wildman–Crippen MR) is 193 cm³/mol. The number of anilines is 1. The van der Waals surface area contributed by atoms with Crippen molar-refractivity contribution in [2.75, 3.05) is 26.1 Å². The molecule has 4 aromatic rings. The zero-order valence-electron chi connectivity index (χ0n) is 30.9. The maximum absolute atomic E-state index is 12.8. The smallest absolute Gasteiger partial charge is 0.416 e. The van der Waals surface area contributed by atoms with E-state index in [2.05, 4.69) is 31.2 Å². The van der Waals surface area contributed by atoms with Crippen LogP contribution in [0, 0.1) is 10.1 Å². The Bertz CT molecular complexity index is 1980. The van der Waals surface area contributed by atoms with E-state index in [1.165, 1.54) is 21.1 Å². The second kappa shape index (κ2) is 19.0. The Kier molecular flexibility index (Phi) is 15.0. The normalized spacial score (nSPS) is 11.7. The molecule has 55 heavy (non-hydrogen) atoms. The number of halogens is 4. The van der Waals surface area contributed by atoms with Crippen molar-refractivity contribution >= 4 is 41.0 Å². The summed E-state index contributed by atoms with van der Waals surface area (Å²) in [5.74, 6) is -1.57. The van der Waals surface area contributed by atoms with Crippen LogP contribution >= 0.6 is 11.6 Å². The van der Waals surface area contributed by atoms with Crippen molar-refractivity contribution in [3.63, 3.8) is 0 Å². The van der Waals surface area contributed by atoms with Gasteiger partial charge in [0.2, 0.25) is 5.88 Å². The first-order valence-corrected chi connectivity index (χ1v) is 17.0. The van der Waals surface area contributed by atoms with E-state index < -0.39 is 46.0 Å². The van der Waals surface area contributed by atoms with Crippen LogP contribution < -0.4 is 19.5 Å². The number of nitro groups is 1. The van der Waals surface area contributed by atoms with Crippen molar-refractivity contribution in [1.29, 1.82) is 0 Å². The molecule has 4 rings (SSSR count). The summed E-state index contributed by atoms with van der Waals surface area (Å²) in [5.41, 5.74) is -1.10. The van der Waals surface area contributed by atoms with Crippen molar-refractivity contribution in [3.05, 3.63) is 98.2 Å². The lowest BCUT2D eigenvalue weighted by molar-refractivity contribution is -0.385. The van der Waals surface area contributed by atoms with E-state index >= 15 is 0 Å². The molecule has 1 N–H and O–H groups in total. The summed E-state index contributed by atoms with van der Waals surface area (Å²) in [5, 5.41) is 17.7. The molecule has 0 fully saturated rings. The fraction of sp³-hybridized carbons (Fsp3) is 0.351. The molecule has 18 heteroatoms. The maximum Gasteiger partial charge on any atom is 0.416 e. The van der Waals surface area contributed by atoms with Gasteiger partial charge in [-0.3, -0.25) is 20.2 Å². The Balaban J connectivity index is 0.000000305. The number of amides is 1. The Labute approximate surface area is 318 Å². The van der Waals surface area contributed by atoms with Crippen LogP contribution in [0.1, 0.15) is 79.4 Å². The summed E-state index contributed by atoms with van der Waals surface area (Å²) in [6.07, 6.45) is -4.07. The minimum Gasteiger partial charge on any atom is -0.496 e. The number of hydrogen-bond donors (Lipinski definition) is 1. The highest BCUT2D eigenvalue weighted by Gasteiger charge is 2.32. The van der Waals surface area contributed by atoms with Crippen LogP contribution in [-0.2, 0) is 25.9 Å². The van der Waals surface area contributed by atoms with Gasteiger partial charge in [-0.1, -0.05) is 43.6 Å². The number of esters is 2. The zero-order chi connectivity index (χ0) is 41.1. The Hall–Kier alpha value is -5.84. The van der Waals surface area contributed by atoms with Crippen molar-refractivity contribution in [2.24, 2.45) is 0 Å². The van der Waals surface area contributed by atoms with Crippen molar-refractivity contribution in [3.8, 4) is 23.0 Å². The number of alkyl halides is 3. The molecule has 0 spiro atoms. The second-order valence-corrected chi connectivity index (χ2v) is 12.2. The largest absolute Gasteiger partial charge is 0.496 e. The Morgan fingerprint density at radius 3 is 2.13 bits per heavy atom. The van der Waals surface area contributed by atoms with Gasteiger partial charge < -0.3 is 28.2 Å². The van der Waals surface area contributed by atoms with Gasteiger partial charge in [-0.15, -0.1) is 0 Å². The SMILES string of the molecule is CCC(C)(CC)c1cc(NC(=O)c2c(OC)cccc2OC)on1.CCOC(=O)C(C)OC(=O)c1cc(Oc2ccc(C(F)(F)F)cc2Cl)ccc1[N+](=O)[O-]. The molecule has 296 valence electrons. The first-order valence-electron chi connectivity index (χ1n) is 16.6. The number of carbonyl (C=O) groups is 3. The minimum absolute atomic E-state index is 0.0398. The molecule has 1 unspecified atom stereocenters. The molecule has 0 bridgehead atoms. The first-order chi connectivity index (χ1) is 25.9. The molecular formula is C37H39ClF3N3O11. The number of aromatic nitrogens is 1. The number of hydrogen-bond acceptors (Lipinski definition) is 12. The molecule has 0 saturated carbocycles. The number of ether oxygens (including phenoxy) is 5. The molecule has 14 nitrogen and oxygen atoms in total. The lowest BCUT2D eigenvalue weighted by atomic mass is 9.81. The van der Waals surface area contributed by atoms with Crippen LogP contribution in [0.5, 0.6) is 23.0 Å². The van der Waals surface area contributed by atoms with E-state index in [1.807, 2.05) is 0 Å². The van der Waals surface area contributed by atoms with Gasteiger partial charge in [-0.25, -0.2) is 9.59 Å². The summed E-state index contributed by atoms with van der Waals surface area (Å²) in [6.45, 7) is 9.15. The van der Waals surface area contributed by atoms with Crippen molar-refractivity contribution in [1.82, 2.24) is 5.16 Å². The molecule has 0 radical (unpaired) electrons. The van der Waals surface area contributed by atoms with Gasteiger partial charge >= 0.3 is 18.1 Å². The highest BCUT2D eigenvalue weighted by molar-refractivity contribution is 6.32. The van der Waals surface area contributed by atoms with Crippen LogP contribution in [0.3, 0.4) is 0 Å². The molecule has 0 aliphatic heterocycles. The summed E-state index contributed by atoms with van der Waals surface area (Å²) >= 11 is 5.83. The minimum atomic E-state index is -4.61. The molecule has 0 saturated heterocycles. The molecule has 1 aromatic heterocycles. The summed E-state index contributed by atoms with van der Waals surface area (Å²) in [4.78, 5) is 47.0. The third-order valence-corrected chi connectivity index (χ3v) is 8.65. The molecule has 0 aliphatic carbocycles. The third-order valence-electron chi connectivity index (χ3n) is 8.35. The summed E-state index contributed by atoms with van der Waals surface area (Å²) in [7, 11) is 3.01. The number of benzene rings is 3. The van der Waals surface area contributed by atoms with E-state index in [4.69, 9.17) is 39.8 Å². The van der Waals surface area contributed by atoms with Crippen LogP contribution in [0.15, 0.2) is 65.2 Å². The van der Waals surface area contributed by atoms with Crippen LogP contribution in [0.2, 0.25) is 5.02 Å². The summed E-state index contributed by atoms with van der Waals surface area (Å²) in [6, 6.07) is 12.3. The number of nitrogens with zero attached hydrogens (tertiary/aromatic N) is 2. The highest BCUT2D eigenvalue weighted by atomic mass is 35.5. The van der Waals surface area contributed by atoms with E-state index in [1.54, 1.807) is 31.2 Å². The molecular weight excluding hydrogens is 755 g/mol. The van der Waals surface area contributed by atoms with E-state index in [0.29, 0.717) is 29.0 Å². The zero-order valence-corrected chi connectivity index (χ0v) is 31.6. The van der Waals surface area contributed by atoms with E-state index in [-0.39, 0.29) is 34.5 Å². The van der Waals surface area contributed by atoms with E-state index in [0.717, 1.165) is 48.9 Å². The Morgan fingerprint density at radius 2 is 1.60 bits per heavy atom. The Morgan fingerprint density at radius 1 is 0.964 bits per heavy atom. The average molecular weight is 794 g/mol. The molecule has 1 atom stereocenters. The third kappa shape index (κ3) is 11.1. The standard InChI is InChI=1S/C19H15ClF3NO7.C18H24N2O4/c1-3-29-17(25)10(2)30-18(26)13-9-12(5-6-15(13)24(27)28)31-16-7-4-11(8-14(16)20)19(21,22)23;1-6-18(3,7-2)14-11-15(24-20-14)19-17(21)16-12(22-4)9-8-10-13(16)23-5/h4-10H,3H2,1-2H3;8-11H,6-7H2,1-5H3,(H,19,21). The van der Waals surface area contributed by atoms with Crippen LogP contribution in [0.4, 0.5) is 24.7 Å². The van der Waals surface area contributed by atoms with E-state index in [9.17, 15) is 37.7 Å². The second-order valence-electron chi connectivity index (χ2n) is 11.8. The summed E-state index contributed by atoms with van der Waals surface area (Å²) < 4.78 is 69.0. The molecule has 0 aliphatic rings. The van der Waals surface area contributed by atoms with Crippen molar-refractivity contribution in [2.45, 2.75) is 65.2 Å². The van der Waals surface area contributed by atoms with Gasteiger partial charge in [-0.05, 0) is 63.1 Å². The number of nitro benzene ring substituents is 1. The monoisotopic (exact) mass is 793 g/mol. The number of rotatable bonds is 14. The first kappa shape index (κ1) is 43.6. The fourth-order valence-corrected chi connectivity index (χ4v) is 5.02. The van der Waals surface area contributed by atoms with Crippen LogP contribution in [-0.4, -0.2) is 54.9 Å². The predicted octanol–water partition coefficient (Wildman–Crippen LogP) is 9.19. The molecule has 3 aromatic carbocycles. The van der Waals surface area contributed by atoms with Crippen molar-refractivity contribution < 1.29 is 60.7 Å². The van der Waals surface area contributed by atoms with Crippen LogP contribution in [0.25, 0.3) is 0 Å². The number of methoxy groups -OCH3 is 2. The molecule has 1 heterocycles. The quantitative estimate of drug-likeness (QED) is 0.0728. The lowest BCUT2D eigenvalue weighted by Crippen LogP contribution is -2.26. The highest BCUT2D eigenvalue weighted by Crippen LogP contribution is 2.38. The van der Waals surface area contributed by atoms with Gasteiger partial charge in [0, 0.05) is 23.6 Å². The van der Waals surface area contributed by atoms with Gasteiger partial charge in [-0.2, -0.15) is 13.2 Å².